The molecule has 5 nitrogen and oxygen atoms in total. The van der Waals surface area contributed by atoms with Crippen molar-refractivity contribution in [3.05, 3.63) is 36.9 Å². The van der Waals surface area contributed by atoms with E-state index in [-0.39, 0.29) is 11.6 Å². The Kier molecular flexibility index (Phi) is 5.83. The molecule has 2 rings (SSSR count). The van der Waals surface area contributed by atoms with Gasteiger partial charge in [-0.25, -0.2) is 4.79 Å². The van der Waals surface area contributed by atoms with Gasteiger partial charge in [-0.3, -0.25) is 0 Å². The monoisotopic (exact) mass is 304 g/mol. The maximum atomic E-state index is 12.2. The van der Waals surface area contributed by atoms with E-state index in [1.807, 2.05) is 18.2 Å². The van der Waals surface area contributed by atoms with Crippen LogP contribution >= 0.6 is 0 Å². The first-order valence-electron chi connectivity index (χ1n) is 7.59. The molecular formula is C17H24N2O3. The number of nitrogens with one attached hydrogen (secondary N) is 2. The van der Waals surface area contributed by atoms with Crippen molar-refractivity contribution in [3.63, 3.8) is 0 Å². The number of rotatable bonds is 7. The number of amides is 2. The highest BCUT2D eigenvalue weighted by Gasteiger charge is 2.35. The summed E-state index contributed by atoms with van der Waals surface area (Å²) < 4.78 is 10.7. The molecule has 0 atom stereocenters. The zero-order valence-corrected chi connectivity index (χ0v) is 13.1. The highest BCUT2D eigenvalue weighted by molar-refractivity contribution is 5.90. The summed E-state index contributed by atoms with van der Waals surface area (Å²) in [6, 6.07) is 7.10. The average molecular weight is 304 g/mol. The van der Waals surface area contributed by atoms with Crippen LogP contribution in [-0.4, -0.2) is 31.9 Å². The van der Waals surface area contributed by atoms with Gasteiger partial charge >= 0.3 is 6.03 Å². The molecule has 1 aromatic carbocycles. The molecule has 0 spiro atoms. The van der Waals surface area contributed by atoms with Crippen molar-refractivity contribution >= 4 is 11.7 Å². The first-order valence-corrected chi connectivity index (χ1v) is 7.59. The smallest absolute Gasteiger partial charge is 0.319 e. The summed E-state index contributed by atoms with van der Waals surface area (Å²) in [5.74, 6) is 0.699. The molecule has 0 bridgehead atoms. The Bertz CT molecular complexity index is 510. The molecule has 0 heterocycles. The van der Waals surface area contributed by atoms with Gasteiger partial charge in [-0.05, 0) is 25.0 Å². The summed E-state index contributed by atoms with van der Waals surface area (Å²) in [7, 11) is 1.67. The minimum absolute atomic E-state index is 0.208. The van der Waals surface area contributed by atoms with Gasteiger partial charge in [0.1, 0.15) is 12.4 Å². The second-order valence-corrected chi connectivity index (χ2v) is 5.63. The lowest BCUT2D eigenvalue weighted by atomic mass is 9.99. The zero-order chi connectivity index (χ0) is 15.8. The van der Waals surface area contributed by atoms with E-state index >= 15 is 0 Å². The number of ether oxygens (including phenoxy) is 2. The van der Waals surface area contributed by atoms with Crippen molar-refractivity contribution in [2.24, 2.45) is 0 Å². The van der Waals surface area contributed by atoms with Crippen molar-refractivity contribution in [1.82, 2.24) is 5.32 Å². The summed E-state index contributed by atoms with van der Waals surface area (Å²) in [5, 5.41) is 5.93. The van der Waals surface area contributed by atoms with Gasteiger partial charge in [0.2, 0.25) is 0 Å². The van der Waals surface area contributed by atoms with Gasteiger partial charge in [-0.2, -0.15) is 0 Å². The number of hydrogen-bond donors (Lipinski definition) is 2. The van der Waals surface area contributed by atoms with E-state index in [0.29, 0.717) is 24.7 Å². The normalized spacial score (nSPS) is 16.0. The predicted octanol–water partition coefficient (Wildman–Crippen LogP) is 3.33. The molecule has 0 aromatic heterocycles. The zero-order valence-electron chi connectivity index (χ0n) is 13.1. The third-order valence-electron chi connectivity index (χ3n) is 3.82. The van der Waals surface area contributed by atoms with Crippen LogP contribution in [0, 0.1) is 0 Å². The number of urea groups is 1. The molecule has 0 saturated heterocycles. The Labute approximate surface area is 131 Å². The Balaban J connectivity index is 1.94. The van der Waals surface area contributed by atoms with Gasteiger partial charge < -0.3 is 20.1 Å². The van der Waals surface area contributed by atoms with E-state index in [1.54, 1.807) is 19.3 Å². The molecule has 0 aliphatic heterocycles. The van der Waals surface area contributed by atoms with Crippen LogP contribution in [0.3, 0.4) is 0 Å². The SMILES string of the molecule is C=CCOc1cccc(NC(=O)NC2(COC)CCCC2)c1. The minimum Gasteiger partial charge on any atom is -0.489 e. The molecule has 1 aliphatic rings. The lowest BCUT2D eigenvalue weighted by molar-refractivity contribution is 0.117. The second kappa shape index (κ2) is 7.84. The van der Waals surface area contributed by atoms with Crippen molar-refractivity contribution < 1.29 is 14.3 Å². The maximum absolute atomic E-state index is 12.2. The molecule has 120 valence electrons. The topological polar surface area (TPSA) is 59.6 Å². The number of carbonyl (C=O) groups excluding carboxylic acids is 1. The first-order chi connectivity index (χ1) is 10.7. The average Bonchev–Trinajstić information content (AvgIpc) is 2.94. The molecule has 1 fully saturated rings. The molecule has 22 heavy (non-hydrogen) atoms. The summed E-state index contributed by atoms with van der Waals surface area (Å²) in [6.07, 6.45) is 5.83. The van der Waals surface area contributed by atoms with Gasteiger partial charge in [-0.15, -0.1) is 0 Å². The van der Waals surface area contributed by atoms with Crippen molar-refractivity contribution in [3.8, 4) is 5.75 Å². The van der Waals surface area contributed by atoms with Crippen LogP contribution in [0.5, 0.6) is 5.75 Å². The van der Waals surface area contributed by atoms with Gasteiger partial charge in [-0.1, -0.05) is 31.6 Å². The van der Waals surface area contributed by atoms with Gasteiger partial charge in [0.15, 0.2) is 0 Å². The van der Waals surface area contributed by atoms with E-state index in [9.17, 15) is 4.79 Å². The molecular weight excluding hydrogens is 280 g/mol. The van der Waals surface area contributed by atoms with Crippen LogP contribution in [0.4, 0.5) is 10.5 Å². The van der Waals surface area contributed by atoms with E-state index in [4.69, 9.17) is 9.47 Å². The summed E-state index contributed by atoms with van der Waals surface area (Å²) in [4.78, 5) is 12.2. The van der Waals surface area contributed by atoms with E-state index in [1.165, 1.54) is 0 Å². The van der Waals surface area contributed by atoms with E-state index < -0.39 is 0 Å². The fourth-order valence-electron chi connectivity index (χ4n) is 2.86. The largest absolute Gasteiger partial charge is 0.489 e. The molecule has 1 saturated carbocycles. The number of hydrogen-bond acceptors (Lipinski definition) is 3. The lowest BCUT2D eigenvalue weighted by Gasteiger charge is -2.29. The summed E-state index contributed by atoms with van der Waals surface area (Å²) >= 11 is 0. The van der Waals surface area contributed by atoms with Gasteiger partial charge in [0.25, 0.3) is 0 Å². The highest BCUT2D eigenvalue weighted by atomic mass is 16.5. The second-order valence-electron chi connectivity index (χ2n) is 5.63. The van der Waals surface area contributed by atoms with Crippen LogP contribution in [0.15, 0.2) is 36.9 Å². The highest BCUT2D eigenvalue weighted by Crippen LogP contribution is 2.30. The molecule has 1 aromatic rings. The molecule has 1 aliphatic carbocycles. The van der Waals surface area contributed by atoms with Crippen LogP contribution in [0.1, 0.15) is 25.7 Å². The van der Waals surface area contributed by atoms with Crippen LogP contribution in [0.25, 0.3) is 0 Å². The quantitative estimate of drug-likeness (QED) is 0.760. The minimum atomic E-state index is -0.240. The predicted molar refractivity (Wildman–Crippen MR) is 87.4 cm³/mol. The van der Waals surface area contributed by atoms with Crippen LogP contribution in [0.2, 0.25) is 0 Å². The lowest BCUT2D eigenvalue weighted by Crippen LogP contribution is -2.51. The standard InChI is InChI=1S/C17H24N2O3/c1-3-11-22-15-8-6-7-14(12-15)18-16(20)19-17(13-21-2)9-4-5-10-17/h3,6-8,12H,1,4-5,9-11,13H2,2H3,(H2,18,19,20). The molecule has 0 radical (unpaired) electrons. The Morgan fingerprint density at radius 2 is 2.18 bits per heavy atom. The molecule has 2 N–H and O–H groups in total. The van der Waals surface area contributed by atoms with Crippen molar-refractivity contribution in [2.75, 3.05) is 25.6 Å². The Hall–Kier alpha value is -2.01. The number of benzene rings is 1. The maximum Gasteiger partial charge on any atom is 0.319 e. The van der Waals surface area contributed by atoms with E-state index in [0.717, 1.165) is 25.7 Å². The van der Waals surface area contributed by atoms with Crippen molar-refractivity contribution in [2.45, 2.75) is 31.2 Å². The van der Waals surface area contributed by atoms with Crippen LogP contribution < -0.4 is 15.4 Å². The first kappa shape index (κ1) is 16.4. The molecule has 5 heteroatoms. The third-order valence-corrected chi connectivity index (χ3v) is 3.82. The number of methoxy groups -OCH3 is 1. The third kappa shape index (κ3) is 4.49. The van der Waals surface area contributed by atoms with Gasteiger partial charge in [0, 0.05) is 18.9 Å². The Morgan fingerprint density at radius 3 is 2.86 bits per heavy atom. The number of anilines is 1. The summed E-state index contributed by atoms with van der Waals surface area (Å²) in [6.45, 7) is 4.59. The van der Waals surface area contributed by atoms with Gasteiger partial charge in [0.05, 0.1) is 12.1 Å². The fraction of sp³-hybridized carbons (Fsp3) is 0.471. The fourth-order valence-corrected chi connectivity index (χ4v) is 2.86. The Morgan fingerprint density at radius 1 is 1.41 bits per heavy atom. The number of carbonyl (C=O) groups is 1. The molecule has 2 amide bonds. The molecule has 0 unspecified atom stereocenters. The van der Waals surface area contributed by atoms with Crippen LogP contribution in [-0.2, 0) is 4.74 Å². The summed E-state index contributed by atoms with van der Waals surface area (Å²) in [5.41, 5.74) is 0.458. The van der Waals surface area contributed by atoms with Crippen molar-refractivity contribution in [1.29, 1.82) is 0 Å². The van der Waals surface area contributed by atoms with E-state index in [2.05, 4.69) is 17.2 Å².